The largest absolute Gasteiger partial charge is 0.336 e. The Morgan fingerprint density at radius 2 is 1.95 bits per heavy atom. The van der Waals surface area contributed by atoms with E-state index in [2.05, 4.69) is 18.8 Å². The monoisotopic (exact) mass is 290 g/mol. The molecule has 0 fully saturated rings. The summed E-state index contributed by atoms with van der Waals surface area (Å²) in [6, 6.07) is 7.83. The third-order valence-corrected chi connectivity index (χ3v) is 4.00. The van der Waals surface area contributed by atoms with Crippen LogP contribution in [-0.2, 0) is 0 Å². The van der Waals surface area contributed by atoms with Crippen LogP contribution < -0.4 is 0 Å². The Balaban J connectivity index is 2.52. The lowest BCUT2D eigenvalue weighted by Gasteiger charge is -2.27. The molecule has 20 heavy (non-hydrogen) atoms. The number of benzene rings is 1. The average molecular weight is 291 g/mol. The zero-order valence-corrected chi connectivity index (χ0v) is 12.8. The third-order valence-electron chi connectivity index (χ3n) is 3.70. The smallest absolute Gasteiger partial charge is 0.256 e. The summed E-state index contributed by atoms with van der Waals surface area (Å²) in [5, 5.41) is 2.11. The summed E-state index contributed by atoms with van der Waals surface area (Å²) < 4.78 is 0. The maximum absolute atomic E-state index is 12.7. The first-order valence-electron chi connectivity index (χ1n) is 6.94. The number of carbonyl (C=O) groups excluding carboxylic acids is 1. The number of amides is 1. The molecule has 0 aliphatic rings. The summed E-state index contributed by atoms with van der Waals surface area (Å²) in [5.74, 6) is 0.0159. The molecule has 1 unspecified atom stereocenters. The molecule has 1 atom stereocenters. The second-order valence-electron chi connectivity index (χ2n) is 4.86. The molecule has 0 radical (unpaired) electrons. The average Bonchev–Trinajstić information content (AvgIpc) is 2.48. The Kier molecular flexibility index (Phi) is 4.61. The molecule has 0 spiro atoms. The van der Waals surface area contributed by atoms with Gasteiger partial charge in [-0.1, -0.05) is 42.8 Å². The number of hydrogen-bond acceptors (Lipinski definition) is 2. The minimum Gasteiger partial charge on any atom is -0.336 e. The predicted octanol–water partition coefficient (Wildman–Crippen LogP) is 4.15. The standard InChI is InChI=1S/C16H19ClN2O/c1-4-11(3)19(5-2)16(20)14-10-18-15(17)13-9-7-6-8-12(13)14/h6-11H,4-5H2,1-3H3. The van der Waals surface area contributed by atoms with Crippen molar-refractivity contribution in [1.29, 1.82) is 0 Å². The Bertz CT molecular complexity index is 627. The zero-order valence-electron chi connectivity index (χ0n) is 12.1. The topological polar surface area (TPSA) is 33.2 Å². The lowest BCUT2D eigenvalue weighted by Crippen LogP contribution is -2.38. The molecule has 0 saturated heterocycles. The highest BCUT2D eigenvalue weighted by atomic mass is 35.5. The van der Waals surface area contributed by atoms with E-state index < -0.39 is 0 Å². The van der Waals surface area contributed by atoms with Gasteiger partial charge in [0.15, 0.2) is 0 Å². The molecule has 0 aliphatic carbocycles. The number of nitrogens with zero attached hydrogens (tertiary/aromatic N) is 2. The van der Waals surface area contributed by atoms with Crippen molar-refractivity contribution in [3.8, 4) is 0 Å². The molecule has 0 aliphatic heterocycles. The van der Waals surface area contributed by atoms with Gasteiger partial charge in [-0.2, -0.15) is 0 Å². The summed E-state index contributed by atoms with van der Waals surface area (Å²) in [5.41, 5.74) is 0.618. The molecule has 2 aromatic rings. The van der Waals surface area contributed by atoms with Gasteiger partial charge in [-0.15, -0.1) is 0 Å². The molecule has 1 aromatic carbocycles. The maximum Gasteiger partial charge on any atom is 0.256 e. The van der Waals surface area contributed by atoms with E-state index in [4.69, 9.17) is 11.6 Å². The van der Waals surface area contributed by atoms with Gasteiger partial charge in [0, 0.05) is 24.2 Å². The number of pyridine rings is 1. The first-order chi connectivity index (χ1) is 9.60. The summed E-state index contributed by atoms with van der Waals surface area (Å²) in [4.78, 5) is 18.8. The zero-order chi connectivity index (χ0) is 14.7. The van der Waals surface area contributed by atoms with E-state index in [1.807, 2.05) is 36.1 Å². The number of rotatable bonds is 4. The SMILES string of the molecule is CCC(C)N(CC)C(=O)c1cnc(Cl)c2ccccc12. The number of aromatic nitrogens is 1. The van der Waals surface area contributed by atoms with Gasteiger partial charge in [0.25, 0.3) is 5.91 Å². The van der Waals surface area contributed by atoms with Gasteiger partial charge < -0.3 is 4.90 Å². The number of carbonyl (C=O) groups is 1. The van der Waals surface area contributed by atoms with Crippen LogP contribution >= 0.6 is 11.6 Å². The van der Waals surface area contributed by atoms with Gasteiger partial charge in [0.1, 0.15) is 5.15 Å². The van der Waals surface area contributed by atoms with Crippen LogP contribution in [0.25, 0.3) is 10.8 Å². The van der Waals surface area contributed by atoms with Crippen molar-refractivity contribution in [3.63, 3.8) is 0 Å². The lowest BCUT2D eigenvalue weighted by molar-refractivity contribution is 0.0701. The molecule has 1 amide bonds. The fourth-order valence-corrected chi connectivity index (χ4v) is 2.57. The van der Waals surface area contributed by atoms with Crippen LogP contribution in [0.1, 0.15) is 37.6 Å². The molecule has 2 rings (SSSR count). The van der Waals surface area contributed by atoms with Crippen LogP contribution in [0.15, 0.2) is 30.5 Å². The molecular formula is C16H19ClN2O. The summed E-state index contributed by atoms with van der Waals surface area (Å²) in [7, 11) is 0. The van der Waals surface area contributed by atoms with Gasteiger partial charge in [0.2, 0.25) is 0 Å². The Morgan fingerprint density at radius 3 is 2.55 bits per heavy atom. The highest BCUT2D eigenvalue weighted by Crippen LogP contribution is 2.25. The molecule has 3 nitrogen and oxygen atoms in total. The number of hydrogen-bond donors (Lipinski definition) is 0. The molecule has 0 bridgehead atoms. The Morgan fingerprint density at radius 1 is 1.30 bits per heavy atom. The van der Waals surface area contributed by atoms with Gasteiger partial charge in [0.05, 0.1) is 5.56 Å². The van der Waals surface area contributed by atoms with E-state index in [0.717, 1.165) is 17.2 Å². The van der Waals surface area contributed by atoms with Crippen LogP contribution in [0, 0.1) is 0 Å². The van der Waals surface area contributed by atoms with Crippen LogP contribution in [0.3, 0.4) is 0 Å². The Labute approximate surface area is 124 Å². The van der Waals surface area contributed by atoms with Crippen LogP contribution in [0.4, 0.5) is 0 Å². The van der Waals surface area contributed by atoms with E-state index in [1.54, 1.807) is 6.20 Å². The minimum atomic E-state index is 0.0159. The fraction of sp³-hybridized carbons (Fsp3) is 0.375. The molecule has 1 heterocycles. The summed E-state index contributed by atoms with van der Waals surface area (Å²) in [6.45, 7) is 6.83. The molecule has 4 heteroatoms. The summed E-state index contributed by atoms with van der Waals surface area (Å²) >= 11 is 6.10. The number of halogens is 1. The number of fused-ring (bicyclic) bond motifs is 1. The molecular weight excluding hydrogens is 272 g/mol. The van der Waals surface area contributed by atoms with Crippen molar-refractivity contribution in [3.05, 3.63) is 41.2 Å². The fourth-order valence-electron chi connectivity index (χ4n) is 2.36. The summed E-state index contributed by atoms with van der Waals surface area (Å²) in [6.07, 6.45) is 2.51. The molecule has 1 aromatic heterocycles. The van der Waals surface area contributed by atoms with Crippen molar-refractivity contribution in [2.45, 2.75) is 33.2 Å². The van der Waals surface area contributed by atoms with E-state index in [9.17, 15) is 4.79 Å². The van der Waals surface area contributed by atoms with E-state index >= 15 is 0 Å². The minimum absolute atomic E-state index is 0.0159. The first kappa shape index (κ1) is 14.8. The predicted molar refractivity (Wildman–Crippen MR) is 83.2 cm³/mol. The quantitative estimate of drug-likeness (QED) is 0.793. The van der Waals surface area contributed by atoms with E-state index in [0.29, 0.717) is 17.3 Å². The molecule has 0 saturated carbocycles. The maximum atomic E-state index is 12.7. The lowest BCUT2D eigenvalue weighted by atomic mass is 10.1. The van der Waals surface area contributed by atoms with E-state index in [-0.39, 0.29) is 11.9 Å². The normalized spacial score (nSPS) is 12.4. The van der Waals surface area contributed by atoms with Crippen molar-refractivity contribution in [1.82, 2.24) is 9.88 Å². The highest BCUT2D eigenvalue weighted by Gasteiger charge is 2.21. The van der Waals surface area contributed by atoms with E-state index in [1.165, 1.54) is 0 Å². The van der Waals surface area contributed by atoms with Crippen LogP contribution in [0.5, 0.6) is 0 Å². The van der Waals surface area contributed by atoms with Gasteiger partial charge in [-0.05, 0) is 25.7 Å². The van der Waals surface area contributed by atoms with Gasteiger partial charge >= 0.3 is 0 Å². The first-order valence-corrected chi connectivity index (χ1v) is 7.32. The van der Waals surface area contributed by atoms with Gasteiger partial charge in [-0.25, -0.2) is 4.98 Å². The third kappa shape index (κ3) is 2.63. The van der Waals surface area contributed by atoms with Crippen molar-refractivity contribution in [2.75, 3.05) is 6.54 Å². The van der Waals surface area contributed by atoms with Crippen molar-refractivity contribution < 1.29 is 4.79 Å². The van der Waals surface area contributed by atoms with Crippen molar-refractivity contribution >= 4 is 28.3 Å². The highest BCUT2D eigenvalue weighted by molar-refractivity contribution is 6.34. The second kappa shape index (κ2) is 6.23. The molecule has 0 N–H and O–H groups in total. The van der Waals surface area contributed by atoms with Crippen LogP contribution in [0.2, 0.25) is 5.15 Å². The van der Waals surface area contributed by atoms with Gasteiger partial charge in [-0.3, -0.25) is 4.79 Å². The van der Waals surface area contributed by atoms with Crippen molar-refractivity contribution in [2.24, 2.45) is 0 Å². The second-order valence-corrected chi connectivity index (χ2v) is 5.21. The van der Waals surface area contributed by atoms with Crippen LogP contribution in [-0.4, -0.2) is 28.4 Å². The Hall–Kier alpha value is -1.61. The molecule has 106 valence electrons.